The van der Waals surface area contributed by atoms with E-state index in [1.807, 2.05) is 0 Å². The van der Waals surface area contributed by atoms with Gasteiger partial charge < -0.3 is 9.32 Å². The van der Waals surface area contributed by atoms with E-state index in [0.29, 0.717) is 5.92 Å². The molecule has 7 aliphatic rings. The second kappa shape index (κ2) is 13.3. The quantitative estimate of drug-likeness (QED) is 0.172. The Morgan fingerprint density at radius 3 is 2.06 bits per heavy atom. The summed E-state index contributed by atoms with van der Waals surface area (Å²) in [6.45, 7) is 0.836. The van der Waals surface area contributed by atoms with Crippen molar-refractivity contribution in [2.45, 2.75) is 88.0 Å². The maximum Gasteiger partial charge on any atom is 0.143 e. The number of benzene rings is 7. The zero-order chi connectivity index (χ0) is 40.6. The van der Waals surface area contributed by atoms with Gasteiger partial charge in [-0.05, 0) is 155 Å². The van der Waals surface area contributed by atoms with Crippen molar-refractivity contribution in [3.05, 3.63) is 179 Å². The molecule has 0 saturated heterocycles. The average molecular weight is 804 g/mol. The van der Waals surface area contributed by atoms with Crippen molar-refractivity contribution in [2.75, 3.05) is 4.90 Å². The highest BCUT2D eigenvalue weighted by molar-refractivity contribution is 6.09. The molecule has 2 spiro atoms. The van der Waals surface area contributed by atoms with Crippen molar-refractivity contribution in [2.24, 2.45) is 23.7 Å². The molecule has 5 fully saturated rings. The number of para-hydroxylation sites is 2. The van der Waals surface area contributed by atoms with Crippen LogP contribution in [0.5, 0.6) is 0 Å². The van der Waals surface area contributed by atoms with E-state index in [4.69, 9.17) is 4.42 Å². The van der Waals surface area contributed by atoms with Crippen molar-refractivity contribution < 1.29 is 4.42 Å². The minimum Gasteiger partial charge on any atom is -0.455 e. The first-order valence-electron chi connectivity index (χ1n) is 23.9. The molecule has 304 valence electrons. The normalized spacial score (nSPS) is 24.6. The molecule has 0 radical (unpaired) electrons. The van der Waals surface area contributed by atoms with Gasteiger partial charge in [-0.1, -0.05) is 147 Å². The summed E-state index contributed by atoms with van der Waals surface area (Å²) in [6, 6.07) is 58.4. The molecular formula is C60H53NO. The second-order valence-electron chi connectivity index (χ2n) is 20.2. The fraction of sp³-hybridized carbons (Fsp3) is 0.300. The van der Waals surface area contributed by atoms with Crippen LogP contribution in [0.3, 0.4) is 0 Å². The fourth-order valence-corrected chi connectivity index (χ4v) is 15.2. The van der Waals surface area contributed by atoms with Crippen molar-refractivity contribution in [1.29, 1.82) is 0 Å². The van der Waals surface area contributed by atoms with E-state index in [1.165, 1.54) is 126 Å². The van der Waals surface area contributed by atoms with Crippen molar-refractivity contribution >= 4 is 33.3 Å². The first-order chi connectivity index (χ1) is 30.7. The Hall–Kier alpha value is -5.86. The number of rotatable bonds is 5. The van der Waals surface area contributed by atoms with Crippen LogP contribution in [0.4, 0.5) is 11.4 Å². The summed E-state index contributed by atoms with van der Waals surface area (Å²) >= 11 is 0. The summed E-state index contributed by atoms with van der Waals surface area (Å²) in [4.78, 5) is 2.68. The van der Waals surface area contributed by atoms with Crippen LogP contribution >= 0.6 is 0 Å². The molecule has 4 bridgehead atoms. The van der Waals surface area contributed by atoms with Crippen LogP contribution in [0.1, 0.15) is 98.4 Å². The number of furan rings is 1. The molecule has 1 heterocycles. The Morgan fingerprint density at radius 2 is 1.18 bits per heavy atom. The smallest absolute Gasteiger partial charge is 0.143 e. The van der Waals surface area contributed by atoms with E-state index >= 15 is 0 Å². The Balaban J connectivity index is 0.944. The zero-order valence-corrected chi connectivity index (χ0v) is 35.6. The number of fused-ring (bicyclic) bond motifs is 12. The lowest BCUT2D eigenvalue weighted by Gasteiger charge is -2.53. The van der Waals surface area contributed by atoms with Gasteiger partial charge in [-0.25, -0.2) is 0 Å². The molecular weight excluding hydrogens is 751 g/mol. The van der Waals surface area contributed by atoms with Gasteiger partial charge in [0.1, 0.15) is 11.2 Å². The van der Waals surface area contributed by atoms with Gasteiger partial charge in [0, 0.05) is 45.1 Å². The lowest BCUT2D eigenvalue weighted by atomic mass is 9.50. The molecule has 8 aromatic rings. The largest absolute Gasteiger partial charge is 0.455 e. The Morgan fingerprint density at radius 1 is 0.500 bits per heavy atom. The Labute approximate surface area is 365 Å². The van der Waals surface area contributed by atoms with Gasteiger partial charge in [0.05, 0.1) is 0 Å². The van der Waals surface area contributed by atoms with E-state index in [-0.39, 0.29) is 10.8 Å². The van der Waals surface area contributed by atoms with Gasteiger partial charge in [0.15, 0.2) is 0 Å². The first kappa shape index (κ1) is 35.7. The Kier molecular flexibility index (Phi) is 7.67. The molecule has 62 heavy (non-hydrogen) atoms. The monoisotopic (exact) mass is 803 g/mol. The predicted molar refractivity (Wildman–Crippen MR) is 255 cm³/mol. The van der Waals surface area contributed by atoms with Gasteiger partial charge in [-0.2, -0.15) is 0 Å². The van der Waals surface area contributed by atoms with Crippen LogP contribution in [0.2, 0.25) is 0 Å². The maximum absolute atomic E-state index is 6.55. The van der Waals surface area contributed by atoms with Crippen molar-refractivity contribution in [1.82, 2.24) is 0 Å². The SMILES string of the molecule is c1ccc2c(c1)-c1ccc(N(Cc3cccc4c3C3(c5ccccc5-4)C4CCC5CC(C4)CC3C5)c3ccc(-c4cccc5c4oc4ccccc45)cc3)cc1C21CCCCC1. The van der Waals surface area contributed by atoms with Crippen LogP contribution in [-0.4, -0.2) is 0 Å². The van der Waals surface area contributed by atoms with Crippen molar-refractivity contribution in [3.63, 3.8) is 0 Å². The molecule has 5 atom stereocenters. The molecule has 15 rings (SSSR count). The van der Waals surface area contributed by atoms with E-state index in [1.54, 1.807) is 22.3 Å². The van der Waals surface area contributed by atoms with Crippen LogP contribution in [0.15, 0.2) is 156 Å². The summed E-state index contributed by atoms with van der Waals surface area (Å²) in [6.07, 6.45) is 14.8. The number of hydrogen-bond acceptors (Lipinski definition) is 2. The fourth-order valence-electron chi connectivity index (χ4n) is 15.2. The van der Waals surface area contributed by atoms with Crippen LogP contribution < -0.4 is 4.90 Å². The minimum absolute atomic E-state index is 0.0965. The van der Waals surface area contributed by atoms with Crippen LogP contribution in [0.25, 0.3) is 55.3 Å². The molecule has 5 saturated carbocycles. The predicted octanol–water partition coefficient (Wildman–Crippen LogP) is 15.9. The van der Waals surface area contributed by atoms with Gasteiger partial charge >= 0.3 is 0 Å². The standard InChI is InChI=1S/C60H53NO/c1-8-30-59(31-9-1)53-19-5-2-13-47(53)49-29-28-45(36-55(49)59)61(44-26-23-40(24-27-44)46-16-11-18-52-50-15-4-7-21-56(50)62-58(46)52)37-41-12-10-17-51-48-14-3-6-20-54(48)60(57(41)51)42-25-22-38-32-39(34-42)35-43(60)33-38/h2-7,10-21,23-24,26-29,36,38-39,42-43H,1,8-9,22,25,30-35,37H2. The highest BCUT2D eigenvalue weighted by atomic mass is 16.3. The molecule has 5 unspecified atom stereocenters. The molecule has 0 aliphatic heterocycles. The third-order valence-electron chi connectivity index (χ3n) is 17.5. The number of anilines is 2. The average Bonchev–Trinajstić information content (AvgIpc) is 3.88. The van der Waals surface area contributed by atoms with Gasteiger partial charge in [-0.15, -0.1) is 0 Å². The number of nitrogens with zero attached hydrogens (tertiary/aromatic N) is 1. The van der Waals surface area contributed by atoms with Gasteiger partial charge in [0.2, 0.25) is 0 Å². The second-order valence-corrected chi connectivity index (χ2v) is 20.2. The molecule has 0 amide bonds. The molecule has 7 aliphatic carbocycles. The third kappa shape index (κ3) is 4.87. The summed E-state index contributed by atoms with van der Waals surface area (Å²) in [5.74, 6) is 3.23. The van der Waals surface area contributed by atoms with E-state index in [2.05, 4.69) is 157 Å². The van der Waals surface area contributed by atoms with Crippen LogP contribution in [0, 0.1) is 23.7 Å². The first-order valence-corrected chi connectivity index (χ1v) is 23.9. The summed E-state index contributed by atoms with van der Waals surface area (Å²) in [5.41, 5.74) is 20.8. The van der Waals surface area contributed by atoms with Crippen molar-refractivity contribution in [3.8, 4) is 33.4 Å². The summed E-state index contributed by atoms with van der Waals surface area (Å²) < 4.78 is 6.55. The lowest BCUT2D eigenvalue weighted by Crippen LogP contribution is -2.48. The zero-order valence-electron chi connectivity index (χ0n) is 35.6. The summed E-state index contributed by atoms with van der Waals surface area (Å²) in [7, 11) is 0. The van der Waals surface area contributed by atoms with Crippen LogP contribution in [-0.2, 0) is 17.4 Å². The highest BCUT2D eigenvalue weighted by Crippen LogP contribution is 2.68. The highest BCUT2D eigenvalue weighted by Gasteiger charge is 2.60. The van der Waals surface area contributed by atoms with E-state index < -0.39 is 0 Å². The molecule has 0 N–H and O–H groups in total. The lowest BCUT2D eigenvalue weighted by molar-refractivity contribution is 0.0613. The maximum atomic E-state index is 6.55. The third-order valence-corrected chi connectivity index (χ3v) is 17.5. The Bertz CT molecular complexity index is 3080. The molecule has 2 heteroatoms. The minimum atomic E-state index is 0.0965. The topological polar surface area (TPSA) is 16.4 Å². The van der Waals surface area contributed by atoms with E-state index in [9.17, 15) is 0 Å². The van der Waals surface area contributed by atoms with Gasteiger partial charge in [-0.3, -0.25) is 0 Å². The summed E-state index contributed by atoms with van der Waals surface area (Å²) in [5, 5.41) is 2.35. The van der Waals surface area contributed by atoms with E-state index in [0.717, 1.165) is 41.0 Å². The molecule has 7 aromatic carbocycles. The molecule has 2 nitrogen and oxygen atoms in total. The number of hydrogen-bond donors (Lipinski definition) is 0. The van der Waals surface area contributed by atoms with Gasteiger partial charge in [0.25, 0.3) is 0 Å². The molecule has 1 aromatic heterocycles.